The lowest BCUT2D eigenvalue weighted by Gasteiger charge is -2.35. The molecular formula is C17H18ClN3O4S. The summed E-state index contributed by atoms with van der Waals surface area (Å²) in [5.41, 5.74) is 0.875. The van der Waals surface area contributed by atoms with Crippen molar-refractivity contribution in [1.82, 2.24) is 9.62 Å². The number of nitrogens with zero attached hydrogens (tertiary/aromatic N) is 2. The number of nitrogens with one attached hydrogen (secondary N) is 1. The van der Waals surface area contributed by atoms with Gasteiger partial charge in [0.1, 0.15) is 0 Å². The highest BCUT2D eigenvalue weighted by Gasteiger charge is 2.38. The molecule has 1 N–H and O–H groups in total. The molecule has 1 aliphatic heterocycles. The van der Waals surface area contributed by atoms with Crippen molar-refractivity contribution in [3.63, 3.8) is 0 Å². The number of hydrogen-bond acceptors (Lipinski definition) is 5. The van der Waals surface area contributed by atoms with E-state index in [1.807, 2.05) is 0 Å². The minimum atomic E-state index is -4.08. The Morgan fingerprint density at radius 1 is 1.27 bits per heavy atom. The predicted molar refractivity (Wildman–Crippen MR) is 98.8 cm³/mol. The lowest BCUT2D eigenvalue weighted by molar-refractivity contribution is -0.387. The molecule has 0 bridgehead atoms. The van der Waals surface area contributed by atoms with Gasteiger partial charge in [-0.1, -0.05) is 35.9 Å². The Morgan fingerprint density at radius 2 is 2.00 bits per heavy atom. The SMILES string of the molecule is Cc1ccc(S(=O)(=O)N2CCNCC2c2ccccc2Cl)c([N+](=O)[O-])c1. The molecule has 1 saturated heterocycles. The fourth-order valence-corrected chi connectivity index (χ4v) is 5.11. The average Bonchev–Trinajstić information content (AvgIpc) is 2.62. The van der Waals surface area contributed by atoms with Gasteiger partial charge in [0, 0.05) is 30.7 Å². The zero-order valence-electron chi connectivity index (χ0n) is 14.1. The van der Waals surface area contributed by atoms with Crippen molar-refractivity contribution in [2.24, 2.45) is 0 Å². The summed E-state index contributed by atoms with van der Waals surface area (Å²) >= 11 is 6.26. The van der Waals surface area contributed by atoms with E-state index in [0.717, 1.165) is 0 Å². The van der Waals surface area contributed by atoms with E-state index in [0.29, 0.717) is 29.2 Å². The van der Waals surface area contributed by atoms with Crippen LogP contribution in [0.25, 0.3) is 0 Å². The van der Waals surface area contributed by atoms with E-state index in [1.165, 1.54) is 16.4 Å². The van der Waals surface area contributed by atoms with E-state index in [1.54, 1.807) is 37.3 Å². The van der Waals surface area contributed by atoms with Crippen LogP contribution in [0.2, 0.25) is 5.02 Å². The zero-order valence-corrected chi connectivity index (χ0v) is 15.6. The minimum absolute atomic E-state index is 0.198. The highest BCUT2D eigenvalue weighted by Crippen LogP contribution is 2.35. The summed E-state index contributed by atoms with van der Waals surface area (Å²) < 4.78 is 27.8. The average molecular weight is 396 g/mol. The number of nitro groups is 1. The van der Waals surface area contributed by atoms with Gasteiger partial charge in [0.25, 0.3) is 15.7 Å². The van der Waals surface area contributed by atoms with E-state index >= 15 is 0 Å². The van der Waals surface area contributed by atoms with E-state index in [4.69, 9.17) is 11.6 Å². The van der Waals surface area contributed by atoms with Gasteiger partial charge in [0.05, 0.1) is 11.0 Å². The van der Waals surface area contributed by atoms with Gasteiger partial charge in [0.2, 0.25) is 0 Å². The van der Waals surface area contributed by atoms with E-state index in [-0.39, 0.29) is 11.4 Å². The van der Waals surface area contributed by atoms with Crippen LogP contribution in [-0.2, 0) is 10.0 Å². The number of rotatable bonds is 4. The molecule has 0 aliphatic carbocycles. The lowest BCUT2D eigenvalue weighted by atomic mass is 10.1. The molecule has 1 unspecified atom stereocenters. The molecular weight excluding hydrogens is 378 g/mol. The molecule has 1 aliphatic rings. The molecule has 0 radical (unpaired) electrons. The Balaban J connectivity index is 2.11. The topological polar surface area (TPSA) is 92.6 Å². The molecule has 1 heterocycles. The van der Waals surface area contributed by atoms with Gasteiger partial charge in [-0.25, -0.2) is 8.42 Å². The van der Waals surface area contributed by atoms with E-state index < -0.39 is 26.7 Å². The second-order valence-corrected chi connectivity index (χ2v) is 8.35. The summed E-state index contributed by atoms with van der Waals surface area (Å²) in [4.78, 5) is 10.4. The van der Waals surface area contributed by atoms with Crippen LogP contribution in [0, 0.1) is 17.0 Å². The summed E-state index contributed by atoms with van der Waals surface area (Å²) in [5, 5.41) is 15.0. The van der Waals surface area contributed by atoms with Crippen molar-refractivity contribution in [2.75, 3.05) is 19.6 Å². The first-order valence-corrected chi connectivity index (χ1v) is 9.86. The minimum Gasteiger partial charge on any atom is -0.313 e. The van der Waals surface area contributed by atoms with Crippen molar-refractivity contribution in [2.45, 2.75) is 17.9 Å². The molecule has 1 fully saturated rings. The number of hydrogen-bond donors (Lipinski definition) is 1. The molecule has 0 saturated carbocycles. The van der Waals surface area contributed by atoms with E-state index in [2.05, 4.69) is 5.32 Å². The summed E-state index contributed by atoms with van der Waals surface area (Å²) in [6.07, 6.45) is 0. The number of piperazine rings is 1. The molecule has 0 aromatic heterocycles. The van der Waals surface area contributed by atoms with Crippen LogP contribution < -0.4 is 5.32 Å². The summed E-state index contributed by atoms with van der Waals surface area (Å²) in [7, 11) is -4.08. The maximum absolute atomic E-state index is 13.3. The molecule has 1 atom stereocenters. The van der Waals surface area contributed by atoms with Crippen LogP contribution >= 0.6 is 11.6 Å². The quantitative estimate of drug-likeness (QED) is 0.634. The standard InChI is InChI=1S/C17H18ClN3O4S/c1-12-6-7-17(15(10-12)21(22)23)26(24,25)20-9-8-19-11-16(20)13-4-2-3-5-14(13)18/h2-7,10,16,19H,8-9,11H2,1H3. The Hall–Kier alpha value is -2.00. The van der Waals surface area contributed by atoms with Gasteiger partial charge in [0.15, 0.2) is 4.90 Å². The fraction of sp³-hybridized carbons (Fsp3) is 0.294. The van der Waals surface area contributed by atoms with Crippen LogP contribution in [-0.4, -0.2) is 37.3 Å². The predicted octanol–water partition coefficient (Wildman–Crippen LogP) is 2.89. The summed E-state index contributed by atoms with van der Waals surface area (Å²) in [6.45, 7) is 2.71. The van der Waals surface area contributed by atoms with Crippen LogP contribution in [0.15, 0.2) is 47.4 Å². The van der Waals surface area contributed by atoms with Crippen LogP contribution in [0.3, 0.4) is 0 Å². The van der Waals surface area contributed by atoms with Crippen LogP contribution in [0.1, 0.15) is 17.2 Å². The highest BCUT2D eigenvalue weighted by atomic mass is 35.5. The maximum Gasteiger partial charge on any atom is 0.289 e. The lowest BCUT2D eigenvalue weighted by Crippen LogP contribution is -2.48. The molecule has 2 aromatic carbocycles. The van der Waals surface area contributed by atoms with Crippen LogP contribution in [0.4, 0.5) is 5.69 Å². The number of benzene rings is 2. The van der Waals surface area contributed by atoms with Crippen molar-refractivity contribution < 1.29 is 13.3 Å². The third-order valence-corrected chi connectivity index (χ3v) is 6.66. The molecule has 26 heavy (non-hydrogen) atoms. The number of aryl methyl sites for hydroxylation is 1. The van der Waals surface area contributed by atoms with Gasteiger partial charge in [-0.3, -0.25) is 10.1 Å². The molecule has 3 rings (SSSR count). The van der Waals surface area contributed by atoms with Crippen LogP contribution in [0.5, 0.6) is 0 Å². The van der Waals surface area contributed by atoms with E-state index in [9.17, 15) is 18.5 Å². The highest BCUT2D eigenvalue weighted by molar-refractivity contribution is 7.89. The molecule has 2 aromatic rings. The molecule has 0 spiro atoms. The van der Waals surface area contributed by atoms with Crippen molar-refractivity contribution in [1.29, 1.82) is 0 Å². The fourth-order valence-electron chi connectivity index (χ4n) is 3.10. The zero-order chi connectivity index (χ0) is 18.9. The Bertz CT molecular complexity index is 949. The monoisotopic (exact) mass is 395 g/mol. The molecule has 9 heteroatoms. The number of halogens is 1. The third kappa shape index (κ3) is 3.45. The molecule has 138 valence electrons. The van der Waals surface area contributed by atoms with Crippen molar-refractivity contribution >= 4 is 27.3 Å². The second-order valence-electron chi connectivity index (χ2n) is 6.09. The first kappa shape index (κ1) is 18.8. The van der Waals surface area contributed by atoms with Crippen molar-refractivity contribution in [3.05, 3.63) is 68.7 Å². The van der Waals surface area contributed by atoms with Gasteiger partial charge in [-0.2, -0.15) is 4.31 Å². The number of nitro benzene ring substituents is 1. The Kier molecular flexibility index (Phi) is 5.29. The van der Waals surface area contributed by atoms with Gasteiger partial charge in [-0.05, 0) is 30.2 Å². The Morgan fingerprint density at radius 3 is 2.69 bits per heavy atom. The Labute approximate surface area is 156 Å². The smallest absolute Gasteiger partial charge is 0.289 e. The van der Waals surface area contributed by atoms with Gasteiger partial charge >= 0.3 is 0 Å². The molecule has 7 nitrogen and oxygen atoms in total. The normalized spacial score (nSPS) is 18.6. The van der Waals surface area contributed by atoms with Crippen molar-refractivity contribution in [3.8, 4) is 0 Å². The van der Waals surface area contributed by atoms with Gasteiger partial charge in [-0.15, -0.1) is 0 Å². The maximum atomic E-state index is 13.3. The molecule has 0 amide bonds. The summed E-state index contributed by atoms with van der Waals surface area (Å²) in [6, 6.07) is 10.6. The van der Waals surface area contributed by atoms with Gasteiger partial charge < -0.3 is 5.32 Å². The summed E-state index contributed by atoms with van der Waals surface area (Å²) in [5.74, 6) is 0. The number of sulfonamides is 1. The first-order valence-electron chi connectivity index (χ1n) is 8.04. The first-order chi connectivity index (χ1) is 12.3. The second kappa shape index (κ2) is 7.32. The largest absolute Gasteiger partial charge is 0.313 e. The third-order valence-electron chi connectivity index (χ3n) is 4.36.